The lowest BCUT2D eigenvalue weighted by atomic mass is 10.3. The van der Waals surface area contributed by atoms with Crippen LogP contribution >= 0.6 is 0 Å². The van der Waals surface area contributed by atoms with Crippen molar-refractivity contribution in [2.75, 3.05) is 25.6 Å². The normalized spacial score (nSPS) is 11.5. The second-order valence-corrected chi connectivity index (χ2v) is 3.60. The number of ether oxygens (including phenoxy) is 1. The number of methoxy groups -OCH3 is 1. The SMILES string of the molecule is COCCCN=C(NN)Nc1cc(F)cc(F)c1F. The maximum Gasteiger partial charge on any atom is 0.210 e. The Balaban J connectivity index is 2.75. The molecular formula is C11H15F3N4O. The second-order valence-electron chi connectivity index (χ2n) is 3.60. The molecular weight excluding hydrogens is 261 g/mol. The van der Waals surface area contributed by atoms with Crippen LogP contribution in [-0.2, 0) is 4.74 Å². The molecule has 0 fully saturated rings. The van der Waals surface area contributed by atoms with Crippen LogP contribution in [0, 0.1) is 17.5 Å². The van der Waals surface area contributed by atoms with Gasteiger partial charge in [-0.25, -0.2) is 19.0 Å². The predicted octanol–water partition coefficient (Wildman–Crippen LogP) is 1.37. The average molecular weight is 276 g/mol. The summed E-state index contributed by atoms with van der Waals surface area (Å²) in [5.41, 5.74) is 1.79. The van der Waals surface area contributed by atoms with Crippen molar-refractivity contribution in [2.24, 2.45) is 10.8 Å². The highest BCUT2D eigenvalue weighted by atomic mass is 19.2. The van der Waals surface area contributed by atoms with Gasteiger partial charge in [-0.1, -0.05) is 0 Å². The molecule has 1 aromatic rings. The van der Waals surface area contributed by atoms with Crippen molar-refractivity contribution in [3.05, 3.63) is 29.6 Å². The minimum Gasteiger partial charge on any atom is -0.385 e. The van der Waals surface area contributed by atoms with E-state index in [1.165, 1.54) is 0 Å². The lowest BCUT2D eigenvalue weighted by Gasteiger charge is -2.10. The maximum absolute atomic E-state index is 13.4. The molecule has 1 rings (SSSR count). The van der Waals surface area contributed by atoms with Gasteiger partial charge in [0.05, 0.1) is 5.69 Å². The standard InChI is InChI=1S/C11H15F3N4O/c1-19-4-2-3-16-11(18-15)17-9-6-7(12)5-8(13)10(9)14/h5-6H,2-4,15H2,1H3,(H2,16,17,18). The Morgan fingerprint density at radius 2 is 2.11 bits per heavy atom. The van der Waals surface area contributed by atoms with Gasteiger partial charge >= 0.3 is 0 Å². The summed E-state index contributed by atoms with van der Waals surface area (Å²) in [5.74, 6) is 1.77. The van der Waals surface area contributed by atoms with Gasteiger partial charge in [0, 0.05) is 32.4 Å². The van der Waals surface area contributed by atoms with E-state index >= 15 is 0 Å². The molecule has 1 aromatic carbocycles. The van der Waals surface area contributed by atoms with Gasteiger partial charge in [-0.2, -0.15) is 0 Å². The molecule has 4 N–H and O–H groups in total. The zero-order chi connectivity index (χ0) is 14.3. The molecule has 0 aliphatic carbocycles. The molecule has 0 amide bonds. The van der Waals surface area contributed by atoms with Gasteiger partial charge in [-0.05, 0) is 6.42 Å². The maximum atomic E-state index is 13.4. The number of hydrogen-bond donors (Lipinski definition) is 3. The van der Waals surface area contributed by atoms with Crippen molar-refractivity contribution < 1.29 is 17.9 Å². The Kier molecular flexibility index (Phi) is 6.10. The van der Waals surface area contributed by atoms with E-state index in [9.17, 15) is 13.2 Å². The Labute approximate surface area is 108 Å². The van der Waals surface area contributed by atoms with Crippen LogP contribution in [0.2, 0.25) is 0 Å². The minimum atomic E-state index is -1.29. The minimum absolute atomic E-state index is 0.00000283. The largest absolute Gasteiger partial charge is 0.385 e. The highest BCUT2D eigenvalue weighted by Crippen LogP contribution is 2.18. The van der Waals surface area contributed by atoms with E-state index in [0.29, 0.717) is 25.6 Å². The Bertz CT molecular complexity index is 454. The molecule has 0 unspecified atom stereocenters. The molecule has 0 heterocycles. The number of hydrogen-bond acceptors (Lipinski definition) is 3. The first-order valence-corrected chi connectivity index (χ1v) is 5.50. The topological polar surface area (TPSA) is 71.7 Å². The molecule has 0 atom stereocenters. The van der Waals surface area contributed by atoms with E-state index in [4.69, 9.17) is 10.6 Å². The monoisotopic (exact) mass is 276 g/mol. The van der Waals surface area contributed by atoms with E-state index in [1.807, 2.05) is 0 Å². The van der Waals surface area contributed by atoms with Crippen LogP contribution < -0.4 is 16.6 Å². The summed E-state index contributed by atoms with van der Waals surface area (Å²) >= 11 is 0. The van der Waals surface area contributed by atoms with Crippen molar-refractivity contribution in [2.45, 2.75) is 6.42 Å². The number of nitrogens with zero attached hydrogens (tertiary/aromatic N) is 1. The van der Waals surface area contributed by atoms with Crippen LogP contribution in [0.25, 0.3) is 0 Å². The quantitative estimate of drug-likeness (QED) is 0.190. The first kappa shape index (κ1) is 15.3. The number of hydrazine groups is 1. The molecule has 5 nitrogen and oxygen atoms in total. The van der Waals surface area contributed by atoms with Crippen molar-refractivity contribution in [1.29, 1.82) is 0 Å². The van der Waals surface area contributed by atoms with Gasteiger partial charge < -0.3 is 10.1 Å². The van der Waals surface area contributed by atoms with E-state index in [2.05, 4.69) is 15.7 Å². The number of nitrogens with one attached hydrogen (secondary N) is 2. The highest BCUT2D eigenvalue weighted by Gasteiger charge is 2.12. The van der Waals surface area contributed by atoms with Gasteiger partial charge in [0.1, 0.15) is 5.82 Å². The number of aliphatic imine (C=N–C) groups is 1. The Morgan fingerprint density at radius 3 is 2.74 bits per heavy atom. The van der Waals surface area contributed by atoms with Crippen molar-refractivity contribution >= 4 is 11.6 Å². The van der Waals surface area contributed by atoms with Crippen LogP contribution in [0.3, 0.4) is 0 Å². The summed E-state index contributed by atoms with van der Waals surface area (Å²) in [7, 11) is 1.55. The smallest absolute Gasteiger partial charge is 0.210 e. The average Bonchev–Trinajstić information content (AvgIpc) is 2.38. The third-order valence-electron chi connectivity index (χ3n) is 2.16. The lowest BCUT2D eigenvalue weighted by molar-refractivity contribution is 0.197. The van der Waals surface area contributed by atoms with Gasteiger partial charge in [-0.15, -0.1) is 0 Å². The molecule has 0 aromatic heterocycles. The summed E-state index contributed by atoms with van der Waals surface area (Å²) in [6, 6.07) is 1.26. The molecule has 0 radical (unpaired) electrons. The number of nitrogens with two attached hydrogens (primary N) is 1. The van der Waals surface area contributed by atoms with E-state index in [1.54, 1.807) is 7.11 Å². The van der Waals surface area contributed by atoms with Crippen LogP contribution in [0.5, 0.6) is 0 Å². The Hall–Kier alpha value is -1.80. The van der Waals surface area contributed by atoms with Gasteiger partial charge in [0.2, 0.25) is 5.96 Å². The molecule has 0 saturated carbocycles. The van der Waals surface area contributed by atoms with Crippen LogP contribution in [0.15, 0.2) is 17.1 Å². The zero-order valence-corrected chi connectivity index (χ0v) is 10.3. The van der Waals surface area contributed by atoms with E-state index in [0.717, 1.165) is 6.07 Å². The molecule has 0 aliphatic heterocycles. The molecule has 106 valence electrons. The second kappa shape index (κ2) is 7.59. The van der Waals surface area contributed by atoms with Crippen molar-refractivity contribution in [3.8, 4) is 0 Å². The molecule has 8 heteroatoms. The van der Waals surface area contributed by atoms with E-state index in [-0.39, 0.29) is 11.6 Å². The highest BCUT2D eigenvalue weighted by molar-refractivity contribution is 5.93. The first-order valence-electron chi connectivity index (χ1n) is 5.50. The van der Waals surface area contributed by atoms with Crippen LogP contribution in [0.1, 0.15) is 6.42 Å². The summed E-state index contributed by atoms with van der Waals surface area (Å²) in [6.45, 7) is 0.865. The third-order valence-corrected chi connectivity index (χ3v) is 2.16. The molecule has 19 heavy (non-hydrogen) atoms. The number of rotatable bonds is 5. The number of anilines is 1. The fraction of sp³-hybridized carbons (Fsp3) is 0.364. The third kappa shape index (κ3) is 4.76. The molecule has 0 aliphatic rings. The van der Waals surface area contributed by atoms with Crippen molar-refractivity contribution in [1.82, 2.24) is 5.43 Å². The van der Waals surface area contributed by atoms with Gasteiger partial charge in [0.25, 0.3) is 0 Å². The Morgan fingerprint density at radius 1 is 1.37 bits per heavy atom. The molecule has 0 bridgehead atoms. The summed E-state index contributed by atoms with van der Waals surface area (Å²) < 4.78 is 44.1. The number of guanidine groups is 1. The summed E-state index contributed by atoms with van der Waals surface area (Å²) in [5, 5.41) is 2.37. The summed E-state index contributed by atoms with van der Waals surface area (Å²) in [6.07, 6.45) is 0.628. The fourth-order valence-corrected chi connectivity index (χ4v) is 1.30. The first-order chi connectivity index (χ1) is 9.08. The molecule has 0 spiro atoms. The lowest BCUT2D eigenvalue weighted by Crippen LogP contribution is -2.36. The molecule has 0 saturated heterocycles. The zero-order valence-electron chi connectivity index (χ0n) is 10.3. The fourth-order valence-electron chi connectivity index (χ4n) is 1.30. The number of benzene rings is 1. The van der Waals surface area contributed by atoms with Gasteiger partial charge in [0.15, 0.2) is 11.6 Å². The van der Waals surface area contributed by atoms with E-state index < -0.39 is 17.5 Å². The van der Waals surface area contributed by atoms with Gasteiger partial charge in [-0.3, -0.25) is 10.4 Å². The summed E-state index contributed by atoms with van der Waals surface area (Å²) in [4.78, 5) is 3.95. The number of halogens is 3. The van der Waals surface area contributed by atoms with Crippen molar-refractivity contribution in [3.63, 3.8) is 0 Å². The van der Waals surface area contributed by atoms with Crippen LogP contribution in [-0.4, -0.2) is 26.2 Å². The predicted molar refractivity (Wildman–Crippen MR) is 66.1 cm³/mol. The van der Waals surface area contributed by atoms with Crippen LogP contribution in [0.4, 0.5) is 18.9 Å².